The second kappa shape index (κ2) is 5.99. The molecule has 3 rings (SSSR count). The maximum atomic E-state index is 12.6. The molecule has 2 aromatic rings. The lowest BCUT2D eigenvalue weighted by Crippen LogP contribution is -2.32. The molecule has 1 aliphatic heterocycles. The molecule has 1 aromatic heterocycles. The summed E-state index contributed by atoms with van der Waals surface area (Å²) in [6, 6.07) is 7.97. The first-order valence-corrected chi connectivity index (χ1v) is 7.14. The van der Waals surface area contributed by atoms with E-state index in [0.717, 1.165) is 6.20 Å². The van der Waals surface area contributed by atoms with Gasteiger partial charge in [0.25, 0.3) is 5.91 Å². The number of nitrogens with one attached hydrogen (secondary N) is 1. The number of carbonyl (C=O) groups is 2. The lowest BCUT2D eigenvalue weighted by Gasteiger charge is -2.21. The van der Waals surface area contributed by atoms with Crippen molar-refractivity contribution in [2.75, 3.05) is 16.8 Å². The minimum atomic E-state index is -4.42. The van der Waals surface area contributed by atoms with Gasteiger partial charge in [-0.15, -0.1) is 0 Å². The molecule has 0 atom stereocenters. The fraction of sp³-hybridized carbons (Fsp3) is 0.267. The Hall–Kier alpha value is -2.84. The van der Waals surface area contributed by atoms with Gasteiger partial charge < -0.3 is 10.2 Å². The molecule has 24 heavy (non-hydrogen) atoms. The summed E-state index contributed by atoms with van der Waals surface area (Å²) in [7, 11) is 0. The summed E-state index contributed by atoms with van der Waals surface area (Å²) in [5.74, 6) is -0.791. The Morgan fingerprint density at radius 2 is 2.00 bits per heavy atom. The second-order valence-corrected chi connectivity index (χ2v) is 5.29. The quantitative estimate of drug-likeness (QED) is 0.914. The molecule has 6 nitrogen and oxygen atoms in total. The van der Waals surface area contributed by atoms with E-state index < -0.39 is 18.6 Å². The zero-order chi connectivity index (χ0) is 17.3. The smallest absolute Gasteiger partial charge is 0.324 e. The van der Waals surface area contributed by atoms with Crippen molar-refractivity contribution in [1.29, 1.82) is 0 Å². The number of alkyl halides is 3. The van der Waals surface area contributed by atoms with E-state index in [1.54, 1.807) is 24.3 Å². The highest BCUT2D eigenvalue weighted by molar-refractivity contribution is 6.09. The number of anilines is 2. The van der Waals surface area contributed by atoms with Gasteiger partial charge in [0.15, 0.2) is 5.69 Å². The van der Waals surface area contributed by atoms with Gasteiger partial charge in [-0.05, 0) is 18.2 Å². The molecule has 9 heteroatoms. The summed E-state index contributed by atoms with van der Waals surface area (Å²) in [6.45, 7) is -1.15. The molecule has 0 unspecified atom stereocenters. The number of nitrogens with zero attached hydrogens (tertiary/aromatic N) is 3. The van der Waals surface area contributed by atoms with E-state index in [1.807, 2.05) is 0 Å². The summed E-state index contributed by atoms with van der Waals surface area (Å²) in [4.78, 5) is 25.7. The van der Waals surface area contributed by atoms with E-state index in [2.05, 4.69) is 10.4 Å². The fourth-order valence-electron chi connectivity index (χ4n) is 2.46. The summed E-state index contributed by atoms with van der Waals surface area (Å²) in [6.07, 6.45) is -3.23. The van der Waals surface area contributed by atoms with Gasteiger partial charge in [-0.2, -0.15) is 18.3 Å². The summed E-state index contributed by atoms with van der Waals surface area (Å²) >= 11 is 0. The third kappa shape index (κ3) is 3.39. The lowest BCUT2D eigenvalue weighted by atomic mass is 10.2. The molecule has 2 amide bonds. The van der Waals surface area contributed by atoms with Crippen molar-refractivity contribution in [2.24, 2.45) is 0 Å². The molecule has 0 aliphatic carbocycles. The molecule has 1 aromatic carbocycles. The zero-order valence-electron chi connectivity index (χ0n) is 12.4. The van der Waals surface area contributed by atoms with Crippen LogP contribution in [0.1, 0.15) is 16.9 Å². The maximum Gasteiger partial charge on any atom is 0.408 e. The first-order valence-electron chi connectivity index (χ1n) is 7.14. The van der Waals surface area contributed by atoms with Crippen molar-refractivity contribution in [3.63, 3.8) is 0 Å². The largest absolute Gasteiger partial charge is 0.408 e. The molecule has 2 heterocycles. The number of carbonyl (C=O) groups excluding carboxylic acids is 2. The van der Waals surface area contributed by atoms with Gasteiger partial charge in [-0.1, -0.05) is 12.1 Å². The third-order valence-electron chi connectivity index (χ3n) is 3.48. The van der Waals surface area contributed by atoms with Crippen LogP contribution in [0, 0.1) is 0 Å². The van der Waals surface area contributed by atoms with E-state index in [0.29, 0.717) is 16.1 Å². The molecule has 0 fully saturated rings. The fourth-order valence-corrected chi connectivity index (χ4v) is 2.46. The molecule has 0 spiro atoms. The normalized spacial score (nSPS) is 14.8. The van der Waals surface area contributed by atoms with E-state index >= 15 is 0 Å². The molecule has 0 saturated carbocycles. The number of fused-ring (bicyclic) bond motifs is 1. The van der Waals surface area contributed by atoms with Crippen LogP contribution in [0.3, 0.4) is 0 Å². The number of amides is 2. The molecule has 0 saturated heterocycles. The maximum absolute atomic E-state index is 12.6. The van der Waals surface area contributed by atoms with Crippen LogP contribution in [-0.2, 0) is 11.3 Å². The van der Waals surface area contributed by atoms with Crippen LogP contribution in [0.2, 0.25) is 0 Å². The summed E-state index contributed by atoms with van der Waals surface area (Å²) in [5.41, 5.74) is 0.852. The Bertz CT molecular complexity index is 785. The Morgan fingerprint density at radius 3 is 2.75 bits per heavy atom. The van der Waals surface area contributed by atoms with Gasteiger partial charge in [0.05, 0.1) is 11.4 Å². The number of para-hydroxylation sites is 2. The average molecular weight is 338 g/mol. The van der Waals surface area contributed by atoms with Crippen LogP contribution in [0.25, 0.3) is 0 Å². The first-order chi connectivity index (χ1) is 11.3. The number of benzene rings is 1. The average Bonchev–Trinajstić information content (AvgIpc) is 2.87. The van der Waals surface area contributed by atoms with Gasteiger partial charge in [0, 0.05) is 19.2 Å². The van der Waals surface area contributed by atoms with E-state index in [9.17, 15) is 22.8 Å². The highest BCUT2D eigenvalue weighted by Gasteiger charge is 2.30. The summed E-state index contributed by atoms with van der Waals surface area (Å²) < 4.78 is 37.9. The summed E-state index contributed by atoms with van der Waals surface area (Å²) in [5, 5.41) is 6.38. The number of halogens is 3. The van der Waals surface area contributed by atoms with Crippen LogP contribution in [0.4, 0.5) is 24.5 Å². The number of hydrogen-bond donors (Lipinski definition) is 1. The minimum Gasteiger partial charge on any atom is -0.324 e. The van der Waals surface area contributed by atoms with E-state index in [1.165, 1.54) is 11.0 Å². The highest BCUT2D eigenvalue weighted by Crippen LogP contribution is 2.29. The molecule has 0 bridgehead atoms. The molecular weight excluding hydrogens is 325 g/mol. The standard InChI is InChI=1S/C15H13F3N4O2/c16-15(17,18)9-21-7-5-11(20-21)14(24)22-8-6-13(23)19-10-3-1-2-4-12(10)22/h1-5,7H,6,8-9H2,(H,19,23). The Labute approximate surface area is 134 Å². The van der Waals surface area contributed by atoms with Gasteiger partial charge in [0.1, 0.15) is 6.54 Å². The lowest BCUT2D eigenvalue weighted by molar-refractivity contribution is -0.142. The topological polar surface area (TPSA) is 67.2 Å². The monoisotopic (exact) mass is 338 g/mol. The molecular formula is C15H13F3N4O2. The highest BCUT2D eigenvalue weighted by atomic mass is 19.4. The zero-order valence-corrected chi connectivity index (χ0v) is 12.4. The predicted octanol–water partition coefficient (Wildman–Crippen LogP) is 2.43. The van der Waals surface area contributed by atoms with Crippen molar-refractivity contribution in [2.45, 2.75) is 19.1 Å². The predicted molar refractivity (Wildman–Crippen MR) is 79.6 cm³/mol. The van der Waals surface area contributed by atoms with Crippen LogP contribution >= 0.6 is 0 Å². The SMILES string of the molecule is O=C1CCN(C(=O)c2ccn(CC(F)(F)F)n2)c2ccccc2N1. The van der Waals surface area contributed by atoms with Crippen molar-refractivity contribution >= 4 is 23.2 Å². The van der Waals surface area contributed by atoms with Crippen molar-refractivity contribution in [3.05, 3.63) is 42.2 Å². The molecule has 126 valence electrons. The van der Waals surface area contributed by atoms with Crippen LogP contribution in [0.5, 0.6) is 0 Å². The van der Waals surface area contributed by atoms with Crippen LogP contribution < -0.4 is 10.2 Å². The van der Waals surface area contributed by atoms with Crippen molar-refractivity contribution in [3.8, 4) is 0 Å². The van der Waals surface area contributed by atoms with Crippen LogP contribution in [0.15, 0.2) is 36.5 Å². The number of rotatable bonds is 2. The molecule has 1 aliphatic rings. The van der Waals surface area contributed by atoms with E-state index in [-0.39, 0.29) is 24.6 Å². The van der Waals surface area contributed by atoms with Crippen molar-refractivity contribution in [1.82, 2.24) is 9.78 Å². The molecule has 0 radical (unpaired) electrons. The van der Waals surface area contributed by atoms with Gasteiger partial charge in [0.2, 0.25) is 5.91 Å². The number of hydrogen-bond acceptors (Lipinski definition) is 3. The Kier molecular flexibility index (Phi) is 4.00. The van der Waals surface area contributed by atoms with Gasteiger partial charge in [-0.3, -0.25) is 14.3 Å². The Balaban J connectivity index is 1.88. The molecule has 1 N–H and O–H groups in total. The number of aromatic nitrogens is 2. The minimum absolute atomic E-state index is 0.0870. The van der Waals surface area contributed by atoms with Crippen molar-refractivity contribution < 1.29 is 22.8 Å². The van der Waals surface area contributed by atoms with Crippen LogP contribution in [-0.4, -0.2) is 34.3 Å². The first kappa shape index (κ1) is 16.0. The van der Waals surface area contributed by atoms with Gasteiger partial charge >= 0.3 is 6.18 Å². The Morgan fingerprint density at radius 1 is 1.25 bits per heavy atom. The van der Waals surface area contributed by atoms with Gasteiger partial charge in [-0.25, -0.2) is 0 Å². The third-order valence-corrected chi connectivity index (χ3v) is 3.48. The van der Waals surface area contributed by atoms with E-state index in [4.69, 9.17) is 0 Å². The second-order valence-electron chi connectivity index (χ2n) is 5.29.